The van der Waals surface area contributed by atoms with Crippen LogP contribution in [0.2, 0.25) is 5.02 Å². The summed E-state index contributed by atoms with van der Waals surface area (Å²) in [6, 6.07) is 6.08. The van der Waals surface area contributed by atoms with Crippen molar-refractivity contribution in [2.75, 3.05) is 18.4 Å². The van der Waals surface area contributed by atoms with Gasteiger partial charge in [0.15, 0.2) is 0 Å². The van der Waals surface area contributed by atoms with Crippen LogP contribution < -0.4 is 5.32 Å². The summed E-state index contributed by atoms with van der Waals surface area (Å²) in [5.41, 5.74) is 2.19. The van der Waals surface area contributed by atoms with Gasteiger partial charge in [0.2, 0.25) is 0 Å². The molecule has 0 unspecified atom stereocenters. The van der Waals surface area contributed by atoms with Crippen molar-refractivity contribution in [2.24, 2.45) is 5.92 Å². The minimum absolute atomic E-state index is 0.292. The van der Waals surface area contributed by atoms with Crippen molar-refractivity contribution in [2.45, 2.75) is 26.3 Å². The first kappa shape index (κ1) is 14.0. The molecule has 0 aliphatic carbocycles. The van der Waals surface area contributed by atoms with E-state index in [-0.39, 0.29) is 0 Å². The lowest BCUT2D eigenvalue weighted by Crippen LogP contribution is -2.47. The summed E-state index contributed by atoms with van der Waals surface area (Å²) in [5.74, 6) is 0.292. The quantitative estimate of drug-likeness (QED) is 0.873. The Labute approximate surface area is 118 Å². The SMILES string of the molecule is Cc1cc(Cl)ccc1N[C@H]1CCN(C(=O)O)C[C@@H]1C. The molecule has 1 aliphatic heterocycles. The third-order valence-electron chi connectivity index (χ3n) is 3.71. The van der Waals surface area contributed by atoms with E-state index in [0.717, 1.165) is 22.7 Å². The Kier molecular flexibility index (Phi) is 4.20. The van der Waals surface area contributed by atoms with Crippen LogP contribution in [0, 0.1) is 12.8 Å². The number of carbonyl (C=O) groups is 1. The lowest BCUT2D eigenvalue weighted by atomic mass is 9.93. The number of carboxylic acid groups (broad SMARTS) is 1. The molecule has 1 aliphatic rings. The molecule has 1 aromatic rings. The Bertz CT molecular complexity index is 479. The highest BCUT2D eigenvalue weighted by Crippen LogP contribution is 2.25. The molecule has 2 N–H and O–H groups in total. The van der Waals surface area contributed by atoms with Gasteiger partial charge in [-0.1, -0.05) is 18.5 Å². The van der Waals surface area contributed by atoms with Crippen molar-refractivity contribution < 1.29 is 9.90 Å². The van der Waals surface area contributed by atoms with Gasteiger partial charge in [-0.15, -0.1) is 0 Å². The van der Waals surface area contributed by atoms with Crippen molar-refractivity contribution in [3.05, 3.63) is 28.8 Å². The number of benzene rings is 1. The maximum absolute atomic E-state index is 10.9. The molecule has 104 valence electrons. The fourth-order valence-electron chi connectivity index (χ4n) is 2.52. The lowest BCUT2D eigenvalue weighted by Gasteiger charge is -2.36. The van der Waals surface area contributed by atoms with Gasteiger partial charge in [-0.3, -0.25) is 0 Å². The number of rotatable bonds is 2. The molecule has 2 rings (SSSR count). The third-order valence-corrected chi connectivity index (χ3v) is 3.94. The predicted octanol–water partition coefficient (Wildman–Crippen LogP) is 3.45. The highest BCUT2D eigenvalue weighted by Gasteiger charge is 2.28. The monoisotopic (exact) mass is 282 g/mol. The number of likely N-dealkylation sites (tertiary alicyclic amines) is 1. The minimum atomic E-state index is -0.826. The van der Waals surface area contributed by atoms with Crippen LogP contribution in [0.15, 0.2) is 18.2 Å². The molecule has 1 aromatic carbocycles. The molecule has 4 nitrogen and oxygen atoms in total. The van der Waals surface area contributed by atoms with Crippen molar-refractivity contribution in [3.63, 3.8) is 0 Å². The van der Waals surface area contributed by atoms with E-state index in [1.165, 1.54) is 4.90 Å². The smallest absolute Gasteiger partial charge is 0.407 e. The minimum Gasteiger partial charge on any atom is -0.465 e. The topological polar surface area (TPSA) is 52.6 Å². The second kappa shape index (κ2) is 5.70. The van der Waals surface area contributed by atoms with E-state index in [9.17, 15) is 4.79 Å². The molecular formula is C14H19ClN2O2. The number of anilines is 1. The Hall–Kier alpha value is -1.42. The molecule has 0 aromatic heterocycles. The molecule has 1 saturated heterocycles. The number of halogens is 1. The zero-order valence-electron chi connectivity index (χ0n) is 11.2. The molecule has 1 amide bonds. The van der Waals surface area contributed by atoms with Gasteiger partial charge in [-0.05, 0) is 43.0 Å². The first-order valence-electron chi connectivity index (χ1n) is 6.48. The van der Waals surface area contributed by atoms with Gasteiger partial charge in [-0.25, -0.2) is 4.79 Å². The van der Waals surface area contributed by atoms with Crippen molar-refractivity contribution in [3.8, 4) is 0 Å². The standard InChI is InChI=1S/C14H19ClN2O2/c1-9-7-11(15)3-4-12(9)16-13-5-6-17(14(18)19)8-10(13)2/h3-4,7,10,13,16H,5-6,8H2,1-2H3,(H,18,19)/t10-,13-/m0/s1. The van der Waals surface area contributed by atoms with Gasteiger partial charge in [0.25, 0.3) is 0 Å². The van der Waals surface area contributed by atoms with Gasteiger partial charge >= 0.3 is 6.09 Å². The van der Waals surface area contributed by atoms with E-state index in [1.54, 1.807) is 0 Å². The molecule has 2 atom stereocenters. The van der Waals surface area contributed by atoms with Crippen LogP contribution in [0.3, 0.4) is 0 Å². The van der Waals surface area contributed by atoms with E-state index in [4.69, 9.17) is 16.7 Å². The number of nitrogens with zero attached hydrogens (tertiary/aromatic N) is 1. The average Bonchev–Trinajstić information content (AvgIpc) is 2.34. The first-order valence-corrected chi connectivity index (χ1v) is 6.85. The summed E-state index contributed by atoms with van der Waals surface area (Å²) >= 11 is 5.94. The van der Waals surface area contributed by atoms with Gasteiger partial charge < -0.3 is 15.3 Å². The van der Waals surface area contributed by atoms with E-state index in [0.29, 0.717) is 25.0 Å². The molecule has 1 fully saturated rings. The zero-order valence-corrected chi connectivity index (χ0v) is 11.9. The van der Waals surface area contributed by atoms with Crippen molar-refractivity contribution in [1.29, 1.82) is 0 Å². The second-order valence-corrected chi connectivity index (χ2v) is 5.64. The van der Waals surface area contributed by atoms with Crippen LogP contribution in [-0.2, 0) is 0 Å². The van der Waals surface area contributed by atoms with Crippen LogP contribution >= 0.6 is 11.6 Å². The Balaban J connectivity index is 2.02. The van der Waals surface area contributed by atoms with E-state index in [1.807, 2.05) is 25.1 Å². The molecule has 0 saturated carbocycles. The molecule has 0 spiro atoms. The molecular weight excluding hydrogens is 264 g/mol. The third kappa shape index (κ3) is 3.32. The van der Waals surface area contributed by atoms with Gasteiger partial charge in [0.1, 0.15) is 0 Å². The Morgan fingerprint density at radius 3 is 2.84 bits per heavy atom. The summed E-state index contributed by atoms with van der Waals surface area (Å²) in [7, 11) is 0. The molecule has 0 radical (unpaired) electrons. The number of hydrogen-bond donors (Lipinski definition) is 2. The molecule has 5 heteroatoms. The van der Waals surface area contributed by atoms with E-state index < -0.39 is 6.09 Å². The summed E-state index contributed by atoms with van der Waals surface area (Å²) < 4.78 is 0. The van der Waals surface area contributed by atoms with Crippen LogP contribution in [0.25, 0.3) is 0 Å². The molecule has 0 bridgehead atoms. The predicted molar refractivity (Wildman–Crippen MR) is 77.0 cm³/mol. The van der Waals surface area contributed by atoms with Crippen LogP contribution in [-0.4, -0.2) is 35.2 Å². The fraction of sp³-hybridized carbons (Fsp3) is 0.500. The number of piperidine rings is 1. The number of hydrogen-bond acceptors (Lipinski definition) is 2. The van der Waals surface area contributed by atoms with Crippen LogP contribution in [0.1, 0.15) is 18.9 Å². The first-order chi connectivity index (χ1) is 8.97. The fourth-order valence-corrected chi connectivity index (χ4v) is 2.75. The van der Waals surface area contributed by atoms with Crippen molar-refractivity contribution >= 4 is 23.4 Å². The van der Waals surface area contributed by atoms with Crippen LogP contribution in [0.5, 0.6) is 0 Å². The molecule has 19 heavy (non-hydrogen) atoms. The summed E-state index contributed by atoms with van der Waals surface area (Å²) in [4.78, 5) is 12.4. The maximum Gasteiger partial charge on any atom is 0.407 e. The average molecular weight is 283 g/mol. The van der Waals surface area contributed by atoms with E-state index in [2.05, 4.69) is 12.2 Å². The highest BCUT2D eigenvalue weighted by atomic mass is 35.5. The number of nitrogens with one attached hydrogen (secondary N) is 1. The van der Waals surface area contributed by atoms with Gasteiger partial charge in [-0.2, -0.15) is 0 Å². The van der Waals surface area contributed by atoms with E-state index >= 15 is 0 Å². The number of amides is 1. The van der Waals surface area contributed by atoms with Gasteiger partial charge in [0, 0.05) is 29.8 Å². The lowest BCUT2D eigenvalue weighted by molar-refractivity contribution is 0.119. The summed E-state index contributed by atoms with van der Waals surface area (Å²) in [6.07, 6.45) is 0.00295. The van der Waals surface area contributed by atoms with Crippen molar-refractivity contribution in [1.82, 2.24) is 4.90 Å². The Morgan fingerprint density at radius 2 is 2.26 bits per heavy atom. The Morgan fingerprint density at radius 1 is 1.53 bits per heavy atom. The summed E-state index contributed by atoms with van der Waals surface area (Å²) in [5, 5.41) is 13.2. The van der Waals surface area contributed by atoms with Gasteiger partial charge in [0.05, 0.1) is 0 Å². The van der Waals surface area contributed by atoms with Crippen LogP contribution in [0.4, 0.5) is 10.5 Å². The maximum atomic E-state index is 10.9. The zero-order chi connectivity index (χ0) is 14.0. The summed E-state index contributed by atoms with van der Waals surface area (Å²) in [6.45, 7) is 5.27. The molecule has 1 heterocycles. The largest absolute Gasteiger partial charge is 0.465 e. The second-order valence-electron chi connectivity index (χ2n) is 5.20. The highest BCUT2D eigenvalue weighted by molar-refractivity contribution is 6.30. The number of aryl methyl sites for hydroxylation is 1. The normalized spacial score (nSPS) is 23.2.